The topological polar surface area (TPSA) is 278 Å². The molecule has 0 saturated heterocycles. The average Bonchev–Trinajstić information content (AvgIpc) is 2.72. The number of nitrogens with one attached hydrogen (secondary N) is 3. The number of carboxylic acids is 2. The second-order valence-corrected chi connectivity index (χ2v) is 7.17. The number of aliphatic imine (C=N–C) groups is 1. The third-order valence-electron chi connectivity index (χ3n) is 4.32. The molecule has 0 aromatic carbocycles. The van der Waals surface area contributed by atoms with Crippen molar-refractivity contribution >= 4 is 35.6 Å². The average molecular weight is 475 g/mol. The van der Waals surface area contributed by atoms with E-state index in [1.54, 1.807) is 0 Å². The monoisotopic (exact) mass is 474 g/mol. The standard InChI is InChI=1S/C18H34N8O7/c19-6-2-1-4-10(20)15(30)26-12(8-14(28)29)16(31)24-9-13(27)25-11(17(32)33)5-3-7-23-18(21)22/h10-12H,1-9,19-20H2,(H,24,31)(H,25,27)(H,26,30)(H,28,29)(H,32,33)(H4,21,22,23). The van der Waals surface area contributed by atoms with Crippen LogP contribution in [0.2, 0.25) is 0 Å². The van der Waals surface area contributed by atoms with E-state index < -0.39 is 60.8 Å². The van der Waals surface area contributed by atoms with E-state index in [-0.39, 0.29) is 25.3 Å². The highest BCUT2D eigenvalue weighted by Gasteiger charge is 2.27. The molecule has 3 unspecified atom stereocenters. The highest BCUT2D eigenvalue weighted by molar-refractivity contribution is 5.94. The zero-order valence-electron chi connectivity index (χ0n) is 18.3. The van der Waals surface area contributed by atoms with E-state index in [9.17, 15) is 29.1 Å². The number of carboxylic acid groups (broad SMARTS) is 2. The summed E-state index contributed by atoms with van der Waals surface area (Å²) in [5.41, 5.74) is 21.5. The van der Waals surface area contributed by atoms with Crippen LogP contribution in [0.5, 0.6) is 0 Å². The lowest BCUT2D eigenvalue weighted by atomic mass is 10.1. The Morgan fingerprint density at radius 1 is 0.879 bits per heavy atom. The number of hydrogen-bond donors (Lipinski definition) is 9. The molecule has 3 amide bonds. The summed E-state index contributed by atoms with van der Waals surface area (Å²) in [6, 6.07) is -3.68. The Morgan fingerprint density at radius 3 is 2.09 bits per heavy atom. The van der Waals surface area contributed by atoms with E-state index in [1.165, 1.54) is 0 Å². The first-order valence-corrected chi connectivity index (χ1v) is 10.3. The SMILES string of the molecule is NCCCCC(N)C(=O)NC(CC(=O)O)C(=O)NCC(=O)NC(CCCN=C(N)N)C(=O)O. The third kappa shape index (κ3) is 14.3. The van der Waals surface area contributed by atoms with E-state index in [2.05, 4.69) is 20.9 Å². The molecule has 188 valence electrons. The first-order chi connectivity index (χ1) is 15.5. The van der Waals surface area contributed by atoms with Crippen molar-refractivity contribution in [3.8, 4) is 0 Å². The van der Waals surface area contributed by atoms with Gasteiger partial charge in [0.15, 0.2) is 5.96 Å². The number of carbonyl (C=O) groups is 5. The molecule has 13 N–H and O–H groups in total. The smallest absolute Gasteiger partial charge is 0.326 e. The molecular weight excluding hydrogens is 440 g/mol. The molecule has 15 heteroatoms. The summed E-state index contributed by atoms with van der Waals surface area (Å²) >= 11 is 0. The van der Waals surface area contributed by atoms with Crippen molar-refractivity contribution in [2.45, 2.75) is 56.7 Å². The first kappa shape index (κ1) is 29.5. The zero-order chi connectivity index (χ0) is 25.4. The quantitative estimate of drug-likeness (QED) is 0.0558. The fourth-order valence-corrected chi connectivity index (χ4v) is 2.60. The van der Waals surface area contributed by atoms with Crippen LogP contribution in [0.15, 0.2) is 4.99 Å². The molecule has 0 rings (SSSR count). The number of rotatable bonds is 17. The number of guanidine groups is 1. The van der Waals surface area contributed by atoms with Gasteiger partial charge in [0.2, 0.25) is 17.7 Å². The van der Waals surface area contributed by atoms with Gasteiger partial charge >= 0.3 is 11.9 Å². The molecule has 3 atom stereocenters. The summed E-state index contributed by atoms with van der Waals surface area (Å²) in [6.45, 7) is -0.0336. The molecule has 15 nitrogen and oxygen atoms in total. The summed E-state index contributed by atoms with van der Waals surface area (Å²) < 4.78 is 0. The van der Waals surface area contributed by atoms with Crippen molar-refractivity contribution in [3.63, 3.8) is 0 Å². The van der Waals surface area contributed by atoms with Crippen molar-refractivity contribution in [2.24, 2.45) is 27.9 Å². The van der Waals surface area contributed by atoms with Gasteiger partial charge in [-0.25, -0.2) is 4.79 Å². The van der Waals surface area contributed by atoms with E-state index in [1.807, 2.05) is 0 Å². The van der Waals surface area contributed by atoms with Crippen LogP contribution in [0.4, 0.5) is 0 Å². The molecule has 0 aliphatic rings. The van der Waals surface area contributed by atoms with E-state index >= 15 is 0 Å². The molecule has 0 spiro atoms. The van der Waals surface area contributed by atoms with Crippen LogP contribution in [0.3, 0.4) is 0 Å². The minimum atomic E-state index is -1.47. The van der Waals surface area contributed by atoms with E-state index in [4.69, 9.17) is 28.0 Å². The van der Waals surface area contributed by atoms with Crippen LogP contribution >= 0.6 is 0 Å². The van der Waals surface area contributed by atoms with Crippen LogP contribution in [0, 0.1) is 0 Å². The maximum absolute atomic E-state index is 12.3. The number of unbranched alkanes of at least 4 members (excludes halogenated alkanes) is 1. The van der Waals surface area contributed by atoms with Gasteiger partial charge in [0.1, 0.15) is 12.1 Å². The maximum Gasteiger partial charge on any atom is 0.326 e. The summed E-state index contributed by atoms with van der Waals surface area (Å²) in [5, 5.41) is 24.9. The van der Waals surface area contributed by atoms with Gasteiger partial charge in [0.05, 0.1) is 19.0 Å². The highest BCUT2D eigenvalue weighted by atomic mass is 16.4. The van der Waals surface area contributed by atoms with Crippen LogP contribution < -0.4 is 38.9 Å². The molecule has 0 bridgehead atoms. The summed E-state index contributed by atoms with van der Waals surface area (Å²) in [5.74, 6) is -5.27. The summed E-state index contributed by atoms with van der Waals surface area (Å²) in [7, 11) is 0. The number of nitrogens with two attached hydrogens (primary N) is 4. The zero-order valence-corrected chi connectivity index (χ0v) is 18.3. The number of carbonyl (C=O) groups excluding carboxylic acids is 3. The second-order valence-electron chi connectivity index (χ2n) is 7.17. The van der Waals surface area contributed by atoms with Gasteiger partial charge in [-0.2, -0.15) is 0 Å². The van der Waals surface area contributed by atoms with E-state index in [0.29, 0.717) is 25.8 Å². The van der Waals surface area contributed by atoms with Crippen molar-refractivity contribution < 1.29 is 34.2 Å². The van der Waals surface area contributed by atoms with Crippen LogP contribution in [-0.4, -0.2) is 83.6 Å². The Balaban J connectivity index is 4.77. The van der Waals surface area contributed by atoms with Crippen LogP contribution in [-0.2, 0) is 24.0 Å². The predicted octanol–water partition coefficient (Wildman–Crippen LogP) is -3.86. The fraction of sp³-hybridized carbons (Fsp3) is 0.667. The molecule has 0 fully saturated rings. The fourth-order valence-electron chi connectivity index (χ4n) is 2.60. The van der Waals surface area contributed by atoms with Crippen LogP contribution in [0.1, 0.15) is 38.5 Å². The Bertz CT molecular complexity index is 712. The van der Waals surface area contributed by atoms with Gasteiger partial charge in [-0.15, -0.1) is 0 Å². The molecule has 0 aromatic heterocycles. The molecule has 0 radical (unpaired) electrons. The molecular formula is C18H34N8O7. The Labute approximate surface area is 190 Å². The molecule has 0 heterocycles. The Kier molecular flexibility index (Phi) is 14.5. The number of nitrogens with zero attached hydrogens (tertiary/aromatic N) is 1. The molecule has 0 aromatic rings. The normalized spacial score (nSPS) is 13.2. The van der Waals surface area contributed by atoms with Gasteiger partial charge in [-0.3, -0.25) is 24.2 Å². The molecule has 33 heavy (non-hydrogen) atoms. The maximum atomic E-state index is 12.3. The van der Waals surface area contributed by atoms with Crippen molar-refractivity contribution in [1.82, 2.24) is 16.0 Å². The highest BCUT2D eigenvalue weighted by Crippen LogP contribution is 2.01. The van der Waals surface area contributed by atoms with E-state index in [0.717, 1.165) is 0 Å². The summed E-state index contributed by atoms with van der Waals surface area (Å²) in [6.07, 6.45) is 1.10. The largest absolute Gasteiger partial charge is 0.481 e. The lowest BCUT2D eigenvalue weighted by molar-refractivity contribution is -0.142. The van der Waals surface area contributed by atoms with Gasteiger partial charge in [-0.1, -0.05) is 6.42 Å². The summed E-state index contributed by atoms with van der Waals surface area (Å²) in [4.78, 5) is 62.6. The van der Waals surface area contributed by atoms with Crippen molar-refractivity contribution in [1.29, 1.82) is 0 Å². The third-order valence-corrected chi connectivity index (χ3v) is 4.32. The number of hydrogen-bond acceptors (Lipinski definition) is 8. The van der Waals surface area contributed by atoms with Crippen molar-refractivity contribution in [2.75, 3.05) is 19.6 Å². The van der Waals surface area contributed by atoms with Crippen LogP contribution in [0.25, 0.3) is 0 Å². The number of aliphatic carboxylic acids is 2. The van der Waals surface area contributed by atoms with Crippen molar-refractivity contribution in [3.05, 3.63) is 0 Å². The molecule has 0 aliphatic carbocycles. The Morgan fingerprint density at radius 2 is 1.55 bits per heavy atom. The van der Waals surface area contributed by atoms with Gasteiger partial charge in [0.25, 0.3) is 0 Å². The molecule has 0 aliphatic heterocycles. The predicted molar refractivity (Wildman–Crippen MR) is 118 cm³/mol. The number of amides is 3. The molecule has 0 saturated carbocycles. The second kappa shape index (κ2) is 16.2. The van der Waals surface area contributed by atoms with Gasteiger partial charge < -0.3 is 49.1 Å². The Hall–Kier alpha value is -3.46. The lowest BCUT2D eigenvalue weighted by Crippen LogP contribution is -2.54. The van der Waals surface area contributed by atoms with Gasteiger partial charge in [0, 0.05) is 6.54 Å². The minimum Gasteiger partial charge on any atom is -0.481 e. The van der Waals surface area contributed by atoms with Gasteiger partial charge in [-0.05, 0) is 32.2 Å². The minimum absolute atomic E-state index is 0.0333. The lowest BCUT2D eigenvalue weighted by Gasteiger charge is -2.20. The first-order valence-electron chi connectivity index (χ1n) is 10.3.